The number of hydrogen-bond acceptors (Lipinski definition) is 6. The normalized spacial score (nSPS) is 15.0. The molecule has 2 aromatic rings. The van der Waals surface area contributed by atoms with Crippen LogP contribution in [0.25, 0.3) is 0 Å². The molecular formula is C17H21N3O4S. The quantitative estimate of drug-likeness (QED) is 0.837. The van der Waals surface area contributed by atoms with Gasteiger partial charge >= 0.3 is 0 Å². The molecule has 0 amide bonds. The maximum atomic E-state index is 11.7. The third kappa shape index (κ3) is 4.09. The monoisotopic (exact) mass is 363 g/mol. The van der Waals surface area contributed by atoms with E-state index in [1.807, 2.05) is 25.1 Å². The molecule has 2 heterocycles. The fraction of sp³-hybridized carbons (Fsp3) is 0.353. The standard InChI is InChI=1S/C17H21N3O4S/c1-11-3-4-13(9-16(11)25(18,21)22)12(2)19-10-14-5-6-15-17(20-14)24-8-7-23-15/h3-6,9,12,19H,7-8,10H2,1-2H3,(H2,18,21,22). The fourth-order valence-electron chi connectivity index (χ4n) is 2.64. The predicted octanol–water partition coefficient (Wildman–Crippen LogP) is 1.66. The first-order valence-corrected chi connectivity index (χ1v) is 9.51. The van der Waals surface area contributed by atoms with Crippen molar-refractivity contribution in [1.82, 2.24) is 10.3 Å². The van der Waals surface area contributed by atoms with Crippen molar-refractivity contribution in [3.05, 3.63) is 47.2 Å². The van der Waals surface area contributed by atoms with Crippen molar-refractivity contribution in [3.8, 4) is 11.6 Å². The number of rotatable bonds is 5. The molecular weight excluding hydrogens is 342 g/mol. The maximum Gasteiger partial charge on any atom is 0.257 e. The van der Waals surface area contributed by atoms with E-state index in [1.54, 1.807) is 19.1 Å². The number of nitrogens with two attached hydrogens (primary N) is 1. The lowest BCUT2D eigenvalue weighted by Crippen LogP contribution is -2.21. The molecule has 0 fully saturated rings. The minimum Gasteiger partial charge on any atom is -0.484 e. The molecule has 1 atom stereocenters. The van der Waals surface area contributed by atoms with E-state index in [1.165, 1.54) is 0 Å². The molecule has 134 valence electrons. The molecule has 0 saturated heterocycles. The molecule has 8 heteroatoms. The lowest BCUT2D eigenvalue weighted by Gasteiger charge is -2.19. The van der Waals surface area contributed by atoms with E-state index >= 15 is 0 Å². The highest BCUT2D eigenvalue weighted by atomic mass is 32.2. The van der Waals surface area contributed by atoms with Crippen LogP contribution in [-0.2, 0) is 16.6 Å². The zero-order chi connectivity index (χ0) is 18.0. The molecule has 1 unspecified atom stereocenters. The number of ether oxygens (including phenoxy) is 2. The predicted molar refractivity (Wildman–Crippen MR) is 93.0 cm³/mol. The fourth-order valence-corrected chi connectivity index (χ4v) is 3.45. The number of nitrogens with zero attached hydrogens (tertiary/aromatic N) is 1. The SMILES string of the molecule is Cc1ccc(C(C)NCc2ccc3c(n2)OCCO3)cc1S(N)(=O)=O. The summed E-state index contributed by atoms with van der Waals surface area (Å²) in [6.45, 7) is 5.21. The summed E-state index contributed by atoms with van der Waals surface area (Å²) in [4.78, 5) is 4.57. The average molecular weight is 363 g/mol. The number of primary sulfonamides is 1. The van der Waals surface area contributed by atoms with Gasteiger partial charge in [0, 0.05) is 12.6 Å². The van der Waals surface area contributed by atoms with Gasteiger partial charge in [-0.2, -0.15) is 0 Å². The summed E-state index contributed by atoms with van der Waals surface area (Å²) < 4.78 is 34.3. The Kier molecular flexibility index (Phi) is 4.94. The van der Waals surface area contributed by atoms with Gasteiger partial charge in [0.05, 0.1) is 10.6 Å². The summed E-state index contributed by atoms with van der Waals surface area (Å²) in [7, 11) is -3.74. The number of fused-ring (bicyclic) bond motifs is 1. The molecule has 0 radical (unpaired) electrons. The van der Waals surface area contributed by atoms with Gasteiger partial charge in [0.2, 0.25) is 10.0 Å². The molecule has 3 rings (SSSR count). The van der Waals surface area contributed by atoms with E-state index in [4.69, 9.17) is 14.6 Å². The van der Waals surface area contributed by atoms with E-state index in [0.717, 1.165) is 11.3 Å². The first-order chi connectivity index (χ1) is 11.8. The lowest BCUT2D eigenvalue weighted by molar-refractivity contribution is 0.164. The number of nitrogens with one attached hydrogen (secondary N) is 1. The average Bonchev–Trinajstić information content (AvgIpc) is 2.59. The van der Waals surface area contributed by atoms with Gasteiger partial charge in [-0.25, -0.2) is 18.5 Å². The van der Waals surface area contributed by atoms with Crippen LogP contribution in [0.15, 0.2) is 35.2 Å². The molecule has 0 saturated carbocycles. The van der Waals surface area contributed by atoms with Crippen molar-refractivity contribution in [3.63, 3.8) is 0 Å². The highest BCUT2D eigenvalue weighted by molar-refractivity contribution is 7.89. The van der Waals surface area contributed by atoms with Crippen LogP contribution in [0.5, 0.6) is 11.6 Å². The Balaban J connectivity index is 1.72. The summed E-state index contributed by atoms with van der Waals surface area (Å²) >= 11 is 0. The largest absolute Gasteiger partial charge is 0.484 e. The van der Waals surface area contributed by atoms with E-state index in [2.05, 4.69) is 10.3 Å². The molecule has 3 N–H and O–H groups in total. The molecule has 25 heavy (non-hydrogen) atoms. The molecule has 0 bridgehead atoms. The summed E-state index contributed by atoms with van der Waals surface area (Å²) in [5, 5.41) is 8.60. The Morgan fingerprint density at radius 3 is 2.76 bits per heavy atom. The Bertz CT molecular complexity index is 883. The Morgan fingerprint density at radius 1 is 1.24 bits per heavy atom. The second kappa shape index (κ2) is 6.99. The van der Waals surface area contributed by atoms with Crippen molar-refractivity contribution in [2.45, 2.75) is 31.3 Å². The zero-order valence-corrected chi connectivity index (χ0v) is 15.0. The molecule has 1 aliphatic rings. The van der Waals surface area contributed by atoms with Gasteiger partial charge in [0.15, 0.2) is 5.75 Å². The highest BCUT2D eigenvalue weighted by Gasteiger charge is 2.16. The maximum absolute atomic E-state index is 11.7. The second-order valence-corrected chi connectivity index (χ2v) is 7.51. The van der Waals surface area contributed by atoms with Crippen LogP contribution in [0, 0.1) is 6.92 Å². The third-order valence-electron chi connectivity index (χ3n) is 4.07. The third-order valence-corrected chi connectivity index (χ3v) is 5.12. The number of aromatic nitrogens is 1. The summed E-state index contributed by atoms with van der Waals surface area (Å²) in [5.41, 5.74) is 2.29. The van der Waals surface area contributed by atoms with Crippen molar-refractivity contribution in [1.29, 1.82) is 0 Å². The Labute approximate surface area is 147 Å². The van der Waals surface area contributed by atoms with Gasteiger partial charge in [0.1, 0.15) is 13.2 Å². The molecule has 0 spiro atoms. The first-order valence-electron chi connectivity index (χ1n) is 7.97. The minimum absolute atomic E-state index is 0.0731. The first kappa shape index (κ1) is 17.7. The van der Waals surface area contributed by atoms with Gasteiger partial charge in [-0.05, 0) is 43.2 Å². The summed E-state index contributed by atoms with van der Waals surface area (Å²) in [6.07, 6.45) is 0. The van der Waals surface area contributed by atoms with E-state index in [-0.39, 0.29) is 10.9 Å². The molecule has 1 aromatic carbocycles. The molecule has 1 aromatic heterocycles. The van der Waals surface area contributed by atoms with Gasteiger partial charge < -0.3 is 14.8 Å². The van der Waals surface area contributed by atoms with E-state index in [0.29, 0.717) is 37.0 Å². The number of pyridine rings is 1. The Morgan fingerprint density at radius 2 is 2.00 bits per heavy atom. The van der Waals surface area contributed by atoms with E-state index in [9.17, 15) is 8.42 Å². The number of sulfonamides is 1. The van der Waals surface area contributed by atoms with Crippen LogP contribution < -0.4 is 19.9 Å². The Hall–Kier alpha value is -2.16. The van der Waals surface area contributed by atoms with Gasteiger partial charge in [0.25, 0.3) is 5.88 Å². The topological polar surface area (TPSA) is 104 Å². The van der Waals surface area contributed by atoms with Crippen LogP contribution in [-0.4, -0.2) is 26.6 Å². The number of benzene rings is 1. The second-order valence-electron chi connectivity index (χ2n) is 5.98. The van der Waals surface area contributed by atoms with E-state index < -0.39 is 10.0 Å². The summed E-state index contributed by atoms with van der Waals surface area (Å²) in [6, 6.07) is 8.90. The number of hydrogen-bond donors (Lipinski definition) is 2. The lowest BCUT2D eigenvalue weighted by atomic mass is 10.1. The zero-order valence-electron chi connectivity index (χ0n) is 14.2. The van der Waals surface area contributed by atoms with Crippen LogP contribution in [0.4, 0.5) is 0 Å². The molecule has 7 nitrogen and oxygen atoms in total. The van der Waals surface area contributed by atoms with Crippen molar-refractivity contribution >= 4 is 10.0 Å². The number of aryl methyl sites for hydroxylation is 1. The smallest absolute Gasteiger partial charge is 0.257 e. The van der Waals surface area contributed by atoms with Crippen molar-refractivity contribution < 1.29 is 17.9 Å². The molecule has 1 aliphatic heterocycles. The highest BCUT2D eigenvalue weighted by Crippen LogP contribution is 2.27. The van der Waals surface area contributed by atoms with Crippen LogP contribution in [0.1, 0.15) is 29.8 Å². The van der Waals surface area contributed by atoms with Crippen molar-refractivity contribution in [2.75, 3.05) is 13.2 Å². The van der Waals surface area contributed by atoms with Crippen LogP contribution in [0.3, 0.4) is 0 Å². The van der Waals surface area contributed by atoms with Crippen LogP contribution >= 0.6 is 0 Å². The van der Waals surface area contributed by atoms with Crippen LogP contribution in [0.2, 0.25) is 0 Å². The van der Waals surface area contributed by atoms with Gasteiger partial charge in [-0.15, -0.1) is 0 Å². The molecule has 0 aliphatic carbocycles. The van der Waals surface area contributed by atoms with Gasteiger partial charge in [-0.1, -0.05) is 12.1 Å². The van der Waals surface area contributed by atoms with Gasteiger partial charge in [-0.3, -0.25) is 0 Å². The summed E-state index contributed by atoms with van der Waals surface area (Å²) in [5.74, 6) is 1.16. The van der Waals surface area contributed by atoms with Crippen molar-refractivity contribution in [2.24, 2.45) is 5.14 Å². The minimum atomic E-state index is -3.74.